The average Bonchev–Trinajstić information content (AvgIpc) is 3.31. The molecule has 1 aromatic heterocycles. The number of para-hydroxylation sites is 2. The Morgan fingerprint density at radius 1 is 0.978 bits per heavy atom. The van der Waals surface area contributed by atoms with Gasteiger partial charge in [0.05, 0.1) is 23.6 Å². The molecule has 2 heterocycles. The number of carbonyl (C=O) groups excluding carboxylic acids is 1. The number of aromatic amines is 1. The van der Waals surface area contributed by atoms with Crippen molar-refractivity contribution in [3.05, 3.63) is 133 Å². The van der Waals surface area contributed by atoms with Crippen molar-refractivity contribution in [3.63, 3.8) is 0 Å². The number of hydrogen-bond donors (Lipinski definition) is 4. The monoisotopic (exact) mass is 642 g/mol. The molecule has 0 fully saturated rings. The molecule has 4 aromatic carbocycles. The minimum Gasteiger partial charge on any atom is -0.480 e. The molecule has 1 amide bonds. The molecule has 0 bridgehead atoms. The van der Waals surface area contributed by atoms with Gasteiger partial charge in [0, 0.05) is 29.8 Å². The summed E-state index contributed by atoms with van der Waals surface area (Å²) in [6.45, 7) is 0. The van der Waals surface area contributed by atoms with Crippen LogP contribution in [0.25, 0.3) is 22.7 Å². The summed E-state index contributed by atoms with van der Waals surface area (Å²) in [6.07, 6.45) is 1.63. The quantitative estimate of drug-likeness (QED) is 0.145. The number of nitrogens with one attached hydrogen (secondary N) is 2. The molecule has 2 atom stereocenters. The number of carboxylic acids is 1. The van der Waals surface area contributed by atoms with Crippen LogP contribution in [0.3, 0.4) is 0 Å². The first-order valence-electron chi connectivity index (χ1n) is 13.8. The topological polar surface area (TPSA) is 147 Å². The highest BCUT2D eigenvalue weighted by atomic mass is 35.5. The number of nitrogens with two attached hydrogens (primary N) is 1. The number of hydrogen-bond acceptors (Lipinski definition) is 5. The van der Waals surface area contributed by atoms with E-state index in [1.54, 1.807) is 55.6 Å². The number of rotatable bonds is 7. The SMILES string of the molecule is C[N+]1(c2c(Cl)cccc2Cl)C(C(=O)NC(Cc2ccc(-n3c(=O)[nH]c4ccc(N)cc4c3=O)cc2)C(=O)O)=Cc2ccccc21. The summed E-state index contributed by atoms with van der Waals surface area (Å²) in [5.74, 6) is -1.85. The van der Waals surface area contributed by atoms with E-state index in [9.17, 15) is 24.3 Å². The van der Waals surface area contributed by atoms with Crippen LogP contribution in [-0.4, -0.2) is 39.6 Å². The van der Waals surface area contributed by atoms with E-state index >= 15 is 0 Å². The van der Waals surface area contributed by atoms with E-state index < -0.39 is 29.2 Å². The van der Waals surface area contributed by atoms with Crippen LogP contribution in [0.4, 0.5) is 17.1 Å². The highest BCUT2D eigenvalue weighted by molar-refractivity contribution is 6.39. The maximum atomic E-state index is 13.8. The van der Waals surface area contributed by atoms with Crippen LogP contribution in [0, 0.1) is 0 Å². The maximum Gasteiger partial charge on any atom is 0.333 e. The number of nitrogen functional groups attached to an aromatic ring is 1. The Bertz CT molecular complexity index is 2150. The lowest BCUT2D eigenvalue weighted by atomic mass is 10.0. The zero-order valence-electron chi connectivity index (χ0n) is 23.8. The van der Waals surface area contributed by atoms with Gasteiger partial charge >= 0.3 is 17.6 Å². The van der Waals surface area contributed by atoms with Gasteiger partial charge in [-0.1, -0.05) is 53.5 Å². The van der Waals surface area contributed by atoms with Crippen molar-refractivity contribution in [2.75, 3.05) is 12.8 Å². The second-order valence-electron chi connectivity index (χ2n) is 10.8. The molecule has 1 aliphatic rings. The summed E-state index contributed by atoms with van der Waals surface area (Å²) in [6, 6.07) is 22.1. The summed E-state index contributed by atoms with van der Waals surface area (Å²) in [5, 5.41) is 13.7. The van der Waals surface area contributed by atoms with Crippen molar-refractivity contribution < 1.29 is 14.7 Å². The number of likely N-dealkylation sites (N-methyl/N-ethyl adjacent to an activating group) is 1. The van der Waals surface area contributed by atoms with Crippen LogP contribution in [0.2, 0.25) is 10.0 Å². The van der Waals surface area contributed by atoms with Gasteiger partial charge in [0.1, 0.15) is 16.1 Å². The predicted molar refractivity (Wildman–Crippen MR) is 176 cm³/mol. The van der Waals surface area contributed by atoms with Crippen molar-refractivity contribution in [3.8, 4) is 5.69 Å². The van der Waals surface area contributed by atoms with Crippen molar-refractivity contribution in [1.29, 1.82) is 0 Å². The molecule has 1 aliphatic heterocycles. The number of carboxylic acid groups (broad SMARTS) is 1. The molecule has 10 nitrogen and oxygen atoms in total. The van der Waals surface area contributed by atoms with Crippen LogP contribution in [-0.2, 0) is 16.0 Å². The van der Waals surface area contributed by atoms with Gasteiger partial charge < -0.3 is 21.1 Å². The number of carbonyl (C=O) groups is 2. The molecule has 226 valence electrons. The lowest BCUT2D eigenvalue weighted by molar-refractivity contribution is -0.141. The van der Waals surface area contributed by atoms with Crippen LogP contribution in [0.15, 0.2) is 100 Å². The van der Waals surface area contributed by atoms with E-state index in [1.165, 1.54) is 18.2 Å². The van der Waals surface area contributed by atoms with Crippen LogP contribution < -0.4 is 26.8 Å². The van der Waals surface area contributed by atoms with E-state index in [0.29, 0.717) is 32.5 Å². The fourth-order valence-corrected chi connectivity index (χ4v) is 6.50. The number of halogens is 2. The van der Waals surface area contributed by atoms with Crippen molar-refractivity contribution >= 4 is 69.1 Å². The Morgan fingerprint density at radius 2 is 1.67 bits per heavy atom. The Morgan fingerprint density at radius 3 is 2.36 bits per heavy atom. The number of anilines is 1. The van der Waals surface area contributed by atoms with E-state index in [2.05, 4.69) is 10.3 Å². The number of benzene rings is 4. The summed E-state index contributed by atoms with van der Waals surface area (Å²) < 4.78 is 0.813. The molecule has 5 aromatic rings. The molecule has 0 saturated carbocycles. The third-order valence-corrected chi connectivity index (χ3v) is 8.58. The number of aliphatic carboxylic acids is 1. The number of nitrogens with zero attached hydrogens (tertiary/aromatic N) is 2. The molecular formula is C33H26Cl2N5O5+. The number of amides is 1. The molecule has 5 N–H and O–H groups in total. The van der Waals surface area contributed by atoms with E-state index in [-0.39, 0.29) is 27.7 Å². The fourth-order valence-electron chi connectivity index (χ4n) is 5.76. The highest BCUT2D eigenvalue weighted by Gasteiger charge is 2.47. The summed E-state index contributed by atoms with van der Waals surface area (Å²) >= 11 is 13.2. The normalized spacial score (nSPS) is 16.2. The van der Waals surface area contributed by atoms with Gasteiger partial charge in [0.15, 0.2) is 11.4 Å². The second kappa shape index (κ2) is 11.4. The summed E-state index contributed by atoms with van der Waals surface area (Å²) in [4.78, 5) is 54.7. The van der Waals surface area contributed by atoms with Crippen LogP contribution in [0.5, 0.6) is 0 Å². The first-order chi connectivity index (χ1) is 21.5. The first kappa shape index (κ1) is 29.9. The van der Waals surface area contributed by atoms with E-state index in [4.69, 9.17) is 28.9 Å². The number of H-pyrrole nitrogens is 1. The van der Waals surface area contributed by atoms with Gasteiger partial charge in [-0.2, -0.15) is 0 Å². The third-order valence-electron chi connectivity index (χ3n) is 7.97. The summed E-state index contributed by atoms with van der Waals surface area (Å²) in [5.41, 5.74) is 8.46. The van der Waals surface area contributed by atoms with Gasteiger partial charge in [-0.25, -0.2) is 18.6 Å². The number of quaternary nitrogens is 1. The van der Waals surface area contributed by atoms with Gasteiger partial charge in [-0.3, -0.25) is 9.59 Å². The molecule has 45 heavy (non-hydrogen) atoms. The Balaban J connectivity index is 1.29. The molecule has 0 saturated heterocycles. The van der Waals surface area contributed by atoms with E-state index in [1.807, 2.05) is 24.3 Å². The van der Waals surface area contributed by atoms with Gasteiger partial charge in [0.2, 0.25) is 5.70 Å². The molecule has 0 spiro atoms. The Labute approximate surface area is 266 Å². The molecule has 0 radical (unpaired) electrons. The molecule has 0 aliphatic carbocycles. The van der Waals surface area contributed by atoms with Crippen molar-refractivity contribution in [2.45, 2.75) is 12.5 Å². The predicted octanol–water partition coefficient (Wildman–Crippen LogP) is 5.00. The maximum absolute atomic E-state index is 13.8. The molecular weight excluding hydrogens is 617 g/mol. The zero-order chi connectivity index (χ0) is 32.0. The highest BCUT2D eigenvalue weighted by Crippen LogP contribution is 2.51. The largest absolute Gasteiger partial charge is 0.480 e. The van der Waals surface area contributed by atoms with Crippen LogP contribution >= 0.6 is 23.2 Å². The third kappa shape index (κ3) is 5.18. The van der Waals surface area contributed by atoms with Gasteiger partial charge in [-0.05, 0) is 54.1 Å². The average molecular weight is 644 g/mol. The van der Waals surface area contributed by atoms with E-state index in [0.717, 1.165) is 15.8 Å². The Hall–Kier alpha value is -5.16. The van der Waals surface area contributed by atoms with Gasteiger partial charge in [-0.15, -0.1) is 0 Å². The zero-order valence-corrected chi connectivity index (χ0v) is 25.3. The molecule has 6 rings (SSSR count). The van der Waals surface area contributed by atoms with Crippen molar-refractivity contribution in [2.24, 2.45) is 0 Å². The first-order valence-corrected chi connectivity index (χ1v) is 14.5. The molecule has 2 unspecified atom stereocenters. The lowest BCUT2D eigenvalue weighted by Crippen LogP contribution is -2.49. The Kier molecular flexibility index (Phi) is 7.57. The minimum atomic E-state index is -1.31. The van der Waals surface area contributed by atoms with Crippen LogP contribution in [0.1, 0.15) is 11.1 Å². The van der Waals surface area contributed by atoms with Gasteiger partial charge in [0.25, 0.3) is 5.56 Å². The standard InChI is InChI=1S/C33H25Cl2N5O5/c1-40(29-23(34)6-4-7-24(29)35)27-8-3-2-5-19(27)16-28(40)30(41)37-26(32(43)44)15-18-9-12-21(13-10-18)39-31(42)22-17-20(36)11-14-25(22)38-33(39)45/h2-14,16-17,26H,15,36H2,1H3,(H2-,37,38,41,42,43,44,45)/p+1. The minimum absolute atomic E-state index is 0.0718. The fraction of sp³-hybridized carbons (Fsp3) is 0.0909. The smallest absolute Gasteiger partial charge is 0.333 e. The molecule has 12 heteroatoms. The second-order valence-corrected chi connectivity index (χ2v) is 11.6. The van der Waals surface area contributed by atoms with Crippen molar-refractivity contribution in [1.82, 2.24) is 19.4 Å². The summed E-state index contributed by atoms with van der Waals surface area (Å²) in [7, 11) is 1.78. The number of fused-ring (bicyclic) bond motifs is 2. The lowest BCUT2D eigenvalue weighted by Gasteiger charge is -2.33. The number of aromatic nitrogens is 2.